The first-order valence-corrected chi connectivity index (χ1v) is 4.86. The van der Waals surface area contributed by atoms with Gasteiger partial charge in [-0.2, -0.15) is 0 Å². The topological polar surface area (TPSA) is 32.3 Å². The molecule has 0 aliphatic carbocycles. The molecular weight excluding hydrogens is 164 g/mol. The molecular formula is C10H18N2O. The van der Waals surface area contributed by atoms with Gasteiger partial charge in [-0.3, -0.25) is 9.69 Å². The zero-order valence-corrected chi connectivity index (χ0v) is 8.42. The number of hydrogen-bond acceptors (Lipinski definition) is 2. The van der Waals surface area contributed by atoms with E-state index in [0.29, 0.717) is 0 Å². The molecule has 1 aliphatic heterocycles. The summed E-state index contributed by atoms with van der Waals surface area (Å²) < 4.78 is 0. The zero-order chi connectivity index (χ0) is 9.68. The van der Waals surface area contributed by atoms with E-state index in [1.165, 1.54) is 0 Å². The van der Waals surface area contributed by atoms with Crippen LogP contribution in [0.4, 0.5) is 0 Å². The van der Waals surface area contributed by atoms with Crippen LogP contribution in [0.2, 0.25) is 0 Å². The minimum absolute atomic E-state index is 0.0983. The molecule has 1 atom stereocenters. The van der Waals surface area contributed by atoms with Crippen molar-refractivity contribution < 1.29 is 4.79 Å². The molecule has 0 aromatic heterocycles. The van der Waals surface area contributed by atoms with E-state index in [1.807, 2.05) is 13.0 Å². The summed E-state index contributed by atoms with van der Waals surface area (Å²) in [6.07, 6.45) is 6.26. The molecule has 13 heavy (non-hydrogen) atoms. The number of nitrogens with one attached hydrogen (secondary N) is 1. The largest absolute Gasteiger partial charge is 0.358 e. The summed E-state index contributed by atoms with van der Waals surface area (Å²) in [5, 5.41) is 2.71. The highest BCUT2D eigenvalue weighted by molar-refractivity contribution is 5.81. The predicted molar refractivity (Wildman–Crippen MR) is 53.5 cm³/mol. The van der Waals surface area contributed by atoms with Gasteiger partial charge in [0.25, 0.3) is 0 Å². The van der Waals surface area contributed by atoms with Gasteiger partial charge in [-0.1, -0.05) is 12.2 Å². The van der Waals surface area contributed by atoms with Crippen molar-refractivity contribution in [3.05, 3.63) is 12.2 Å². The average Bonchev–Trinajstić information content (AvgIpc) is 2.61. The lowest BCUT2D eigenvalue weighted by Gasteiger charge is -2.21. The maximum atomic E-state index is 11.4. The SMILES string of the molecule is C/C=C/CN1CCCC1C(=O)NC. The Labute approximate surface area is 79.8 Å². The number of carbonyl (C=O) groups excluding carboxylic acids is 1. The summed E-state index contributed by atoms with van der Waals surface area (Å²) in [5.74, 6) is 0.155. The second kappa shape index (κ2) is 5.02. The monoisotopic (exact) mass is 182 g/mol. The highest BCUT2D eigenvalue weighted by Crippen LogP contribution is 2.16. The lowest BCUT2D eigenvalue weighted by Crippen LogP contribution is -2.41. The zero-order valence-electron chi connectivity index (χ0n) is 8.42. The number of amides is 1. The minimum Gasteiger partial charge on any atom is -0.358 e. The Morgan fingerprint density at radius 1 is 1.69 bits per heavy atom. The van der Waals surface area contributed by atoms with Crippen LogP contribution in [0, 0.1) is 0 Å². The molecule has 0 aromatic carbocycles. The third kappa shape index (κ3) is 2.56. The third-order valence-electron chi connectivity index (χ3n) is 2.49. The van der Waals surface area contributed by atoms with Crippen LogP contribution in [-0.4, -0.2) is 37.0 Å². The van der Waals surface area contributed by atoms with E-state index >= 15 is 0 Å². The molecule has 1 aliphatic rings. The normalized spacial score (nSPS) is 24.0. The first-order valence-electron chi connectivity index (χ1n) is 4.86. The summed E-state index contributed by atoms with van der Waals surface area (Å²) in [6.45, 7) is 3.95. The van der Waals surface area contributed by atoms with Crippen molar-refractivity contribution in [2.75, 3.05) is 20.1 Å². The molecule has 1 rings (SSSR count). The fourth-order valence-electron chi connectivity index (χ4n) is 1.75. The fourth-order valence-corrected chi connectivity index (χ4v) is 1.75. The molecule has 1 heterocycles. The summed E-state index contributed by atoms with van der Waals surface area (Å²) in [4.78, 5) is 13.6. The smallest absolute Gasteiger partial charge is 0.237 e. The van der Waals surface area contributed by atoms with Crippen LogP contribution in [0.25, 0.3) is 0 Å². The molecule has 1 N–H and O–H groups in total. The molecule has 0 spiro atoms. The van der Waals surface area contributed by atoms with Crippen LogP contribution in [0.1, 0.15) is 19.8 Å². The Hall–Kier alpha value is -0.830. The number of allylic oxidation sites excluding steroid dienone is 1. The lowest BCUT2D eigenvalue weighted by molar-refractivity contribution is -0.124. The molecule has 1 fully saturated rings. The summed E-state index contributed by atoms with van der Waals surface area (Å²) in [5.41, 5.74) is 0. The molecule has 74 valence electrons. The van der Waals surface area contributed by atoms with E-state index in [9.17, 15) is 4.79 Å². The summed E-state index contributed by atoms with van der Waals surface area (Å²) in [7, 11) is 1.70. The molecule has 0 bridgehead atoms. The molecule has 1 saturated heterocycles. The fraction of sp³-hybridized carbons (Fsp3) is 0.700. The Balaban J connectivity index is 2.48. The van der Waals surface area contributed by atoms with Gasteiger partial charge < -0.3 is 5.32 Å². The van der Waals surface area contributed by atoms with Gasteiger partial charge in [-0.15, -0.1) is 0 Å². The standard InChI is InChI=1S/C10H18N2O/c1-3-4-7-12-8-5-6-9(12)10(13)11-2/h3-4,9H,5-8H2,1-2H3,(H,11,13)/b4-3+. The highest BCUT2D eigenvalue weighted by atomic mass is 16.2. The van der Waals surface area contributed by atoms with Crippen LogP contribution in [0.5, 0.6) is 0 Å². The Morgan fingerprint density at radius 3 is 3.08 bits per heavy atom. The number of hydrogen-bond donors (Lipinski definition) is 1. The second-order valence-corrected chi connectivity index (χ2v) is 3.34. The van der Waals surface area contributed by atoms with Gasteiger partial charge in [0.05, 0.1) is 6.04 Å². The second-order valence-electron chi connectivity index (χ2n) is 3.34. The molecule has 0 aromatic rings. The van der Waals surface area contributed by atoms with Gasteiger partial charge in [0.2, 0.25) is 5.91 Å². The van der Waals surface area contributed by atoms with Crippen molar-refractivity contribution in [3.63, 3.8) is 0 Å². The van der Waals surface area contributed by atoms with Crippen molar-refractivity contribution in [1.29, 1.82) is 0 Å². The number of likely N-dealkylation sites (N-methyl/N-ethyl adjacent to an activating group) is 1. The highest BCUT2D eigenvalue weighted by Gasteiger charge is 2.28. The molecule has 0 saturated carbocycles. The van der Waals surface area contributed by atoms with Crippen LogP contribution in [-0.2, 0) is 4.79 Å². The third-order valence-corrected chi connectivity index (χ3v) is 2.49. The minimum atomic E-state index is 0.0983. The van der Waals surface area contributed by atoms with Crippen LogP contribution < -0.4 is 5.32 Å². The predicted octanol–water partition coefficient (Wildman–Crippen LogP) is 0.773. The Morgan fingerprint density at radius 2 is 2.46 bits per heavy atom. The molecule has 3 heteroatoms. The average molecular weight is 182 g/mol. The van der Waals surface area contributed by atoms with Gasteiger partial charge in [0.1, 0.15) is 0 Å². The van der Waals surface area contributed by atoms with Crippen LogP contribution in [0.15, 0.2) is 12.2 Å². The maximum Gasteiger partial charge on any atom is 0.237 e. The first kappa shape index (κ1) is 10.3. The van der Waals surface area contributed by atoms with E-state index in [2.05, 4.69) is 16.3 Å². The quantitative estimate of drug-likeness (QED) is 0.654. The summed E-state index contributed by atoms with van der Waals surface area (Å²) in [6, 6.07) is 0.0983. The van der Waals surface area contributed by atoms with Crippen LogP contribution >= 0.6 is 0 Å². The van der Waals surface area contributed by atoms with Crippen molar-refractivity contribution in [2.45, 2.75) is 25.8 Å². The van der Waals surface area contributed by atoms with Crippen molar-refractivity contribution >= 4 is 5.91 Å². The van der Waals surface area contributed by atoms with E-state index in [1.54, 1.807) is 7.05 Å². The Kier molecular flexibility index (Phi) is 3.96. The lowest BCUT2D eigenvalue weighted by atomic mass is 10.2. The maximum absolute atomic E-state index is 11.4. The van der Waals surface area contributed by atoms with E-state index in [-0.39, 0.29) is 11.9 Å². The number of likely N-dealkylation sites (tertiary alicyclic amines) is 1. The van der Waals surface area contributed by atoms with Crippen molar-refractivity contribution in [3.8, 4) is 0 Å². The molecule has 0 radical (unpaired) electrons. The molecule has 1 unspecified atom stereocenters. The van der Waals surface area contributed by atoms with E-state index in [0.717, 1.165) is 25.9 Å². The number of rotatable bonds is 3. The van der Waals surface area contributed by atoms with Gasteiger partial charge in [-0.05, 0) is 26.3 Å². The number of nitrogens with zero attached hydrogens (tertiary/aromatic N) is 1. The van der Waals surface area contributed by atoms with Gasteiger partial charge >= 0.3 is 0 Å². The van der Waals surface area contributed by atoms with E-state index in [4.69, 9.17) is 0 Å². The number of carbonyl (C=O) groups is 1. The Bertz CT molecular complexity index is 201. The van der Waals surface area contributed by atoms with Gasteiger partial charge in [-0.25, -0.2) is 0 Å². The first-order chi connectivity index (χ1) is 6.29. The molecule has 3 nitrogen and oxygen atoms in total. The van der Waals surface area contributed by atoms with Crippen LogP contribution in [0.3, 0.4) is 0 Å². The van der Waals surface area contributed by atoms with Crippen molar-refractivity contribution in [2.24, 2.45) is 0 Å². The van der Waals surface area contributed by atoms with Gasteiger partial charge in [0.15, 0.2) is 0 Å². The van der Waals surface area contributed by atoms with Crippen molar-refractivity contribution in [1.82, 2.24) is 10.2 Å². The summed E-state index contributed by atoms with van der Waals surface area (Å²) >= 11 is 0. The molecule has 1 amide bonds. The van der Waals surface area contributed by atoms with E-state index < -0.39 is 0 Å². The van der Waals surface area contributed by atoms with Gasteiger partial charge in [0, 0.05) is 13.6 Å².